The normalized spacial score (nSPS) is 13.2. The number of carbonyl (C=O) groups is 1. The molecule has 1 aliphatic heterocycles. The van der Waals surface area contributed by atoms with Crippen molar-refractivity contribution in [2.45, 2.75) is 6.54 Å². The Hall–Kier alpha value is -2.82. The Morgan fingerprint density at radius 2 is 2.05 bits per heavy atom. The van der Waals surface area contributed by atoms with Gasteiger partial charge in [-0.3, -0.25) is 4.98 Å². The number of urea groups is 1. The van der Waals surface area contributed by atoms with Crippen LogP contribution >= 0.6 is 0 Å². The number of nitrogens with one attached hydrogen (secondary N) is 2. The monoisotopic (exact) mass is 294 g/mol. The van der Waals surface area contributed by atoms with Crippen LogP contribution in [0.2, 0.25) is 0 Å². The molecule has 0 atom stereocenters. The smallest absolute Gasteiger partial charge is 0.319 e. The second kappa shape index (κ2) is 6.76. The van der Waals surface area contributed by atoms with Crippen molar-refractivity contribution in [2.75, 3.05) is 23.3 Å². The molecule has 2 heterocycles. The van der Waals surface area contributed by atoms with E-state index in [-0.39, 0.29) is 6.03 Å². The standard InChI is InChI=1S/C17H18N4O/c22-17(20-15-6-4-8-18-13-15)19-12-14-5-3-7-16(11-14)21-9-1-2-10-21/h1-8,11,13H,9-10,12H2,(H2,19,20,22). The van der Waals surface area contributed by atoms with Crippen molar-refractivity contribution in [2.24, 2.45) is 0 Å². The Kier molecular flexibility index (Phi) is 4.34. The number of hydrogen-bond acceptors (Lipinski definition) is 3. The molecular weight excluding hydrogens is 276 g/mol. The van der Waals surface area contributed by atoms with Gasteiger partial charge in [-0.05, 0) is 29.8 Å². The van der Waals surface area contributed by atoms with Crippen LogP contribution in [0.5, 0.6) is 0 Å². The topological polar surface area (TPSA) is 57.3 Å². The van der Waals surface area contributed by atoms with Crippen molar-refractivity contribution >= 4 is 17.4 Å². The lowest BCUT2D eigenvalue weighted by Crippen LogP contribution is -2.28. The maximum absolute atomic E-state index is 11.9. The highest BCUT2D eigenvalue weighted by atomic mass is 16.2. The summed E-state index contributed by atoms with van der Waals surface area (Å²) in [6.45, 7) is 2.37. The second-order valence-electron chi connectivity index (χ2n) is 5.10. The van der Waals surface area contributed by atoms with E-state index >= 15 is 0 Å². The number of benzene rings is 1. The SMILES string of the molecule is O=C(NCc1cccc(N2CC=CC2)c1)Nc1cccnc1. The Bertz CT molecular complexity index is 661. The lowest BCUT2D eigenvalue weighted by molar-refractivity contribution is 0.251. The van der Waals surface area contributed by atoms with Crippen molar-refractivity contribution in [1.29, 1.82) is 0 Å². The highest BCUT2D eigenvalue weighted by Crippen LogP contribution is 2.18. The third-order valence-corrected chi connectivity index (χ3v) is 3.47. The maximum Gasteiger partial charge on any atom is 0.319 e. The van der Waals surface area contributed by atoms with E-state index in [2.05, 4.69) is 44.8 Å². The summed E-state index contributed by atoms with van der Waals surface area (Å²) in [5.74, 6) is 0. The zero-order valence-corrected chi connectivity index (χ0v) is 12.2. The van der Waals surface area contributed by atoms with Crippen LogP contribution in [0.15, 0.2) is 60.9 Å². The molecule has 5 nitrogen and oxygen atoms in total. The minimum Gasteiger partial charge on any atom is -0.364 e. The van der Waals surface area contributed by atoms with E-state index in [4.69, 9.17) is 0 Å². The summed E-state index contributed by atoms with van der Waals surface area (Å²) in [6, 6.07) is 11.6. The zero-order valence-electron chi connectivity index (χ0n) is 12.2. The summed E-state index contributed by atoms with van der Waals surface area (Å²) >= 11 is 0. The van der Waals surface area contributed by atoms with Crippen LogP contribution in [0, 0.1) is 0 Å². The molecule has 0 saturated carbocycles. The Morgan fingerprint density at radius 3 is 2.82 bits per heavy atom. The Balaban J connectivity index is 1.55. The van der Waals surface area contributed by atoms with Gasteiger partial charge in [0.15, 0.2) is 0 Å². The Morgan fingerprint density at radius 1 is 1.18 bits per heavy atom. The fraction of sp³-hybridized carbons (Fsp3) is 0.176. The van der Waals surface area contributed by atoms with Gasteiger partial charge in [-0.25, -0.2) is 4.79 Å². The van der Waals surface area contributed by atoms with Crippen LogP contribution in [0.25, 0.3) is 0 Å². The van der Waals surface area contributed by atoms with Crippen LogP contribution < -0.4 is 15.5 Å². The predicted molar refractivity (Wildman–Crippen MR) is 87.9 cm³/mol. The van der Waals surface area contributed by atoms with E-state index in [1.165, 1.54) is 5.69 Å². The number of nitrogens with zero attached hydrogens (tertiary/aromatic N) is 2. The van der Waals surface area contributed by atoms with E-state index in [1.807, 2.05) is 12.1 Å². The first kappa shape index (κ1) is 14.1. The van der Waals surface area contributed by atoms with Gasteiger partial charge >= 0.3 is 6.03 Å². The largest absolute Gasteiger partial charge is 0.364 e. The molecule has 0 saturated heterocycles. The number of pyridine rings is 1. The van der Waals surface area contributed by atoms with Crippen LogP contribution in [0.4, 0.5) is 16.2 Å². The molecule has 0 bridgehead atoms. The van der Waals surface area contributed by atoms with E-state index in [0.29, 0.717) is 12.2 Å². The minimum atomic E-state index is -0.235. The van der Waals surface area contributed by atoms with Crippen LogP contribution in [0.1, 0.15) is 5.56 Å². The first-order chi connectivity index (χ1) is 10.8. The molecular formula is C17H18N4O. The molecule has 5 heteroatoms. The van der Waals surface area contributed by atoms with Gasteiger partial charge in [0, 0.05) is 31.5 Å². The van der Waals surface area contributed by atoms with Gasteiger partial charge in [-0.15, -0.1) is 0 Å². The summed E-state index contributed by atoms with van der Waals surface area (Å²) in [4.78, 5) is 18.1. The van der Waals surface area contributed by atoms with E-state index in [9.17, 15) is 4.79 Å². The molecule has 2 aromatic rings. The number of anilines is 2. The van der Waals surface area contributed by atoms with Gasteiger partial charge in [0.05, 0.1) is 11.9 Å². The van der Waals surface area contributed by atoms with E-state index in [0.717, 1.165) is 18.7 Å². The van der Waals surface area contributed by atoms with Gasteiger partial charge in [0.1, 0.15) is 0 Å². The number of amides is 2. The van der Waals surface area contributed by atoms with Crippen LogP contribution in [-0.2, 0) is 6.54 Å². The number of carbonyl (C=O) groups excluding carboxylic acids is 1. The summed E-state index contributed by atoms with van der Waals surface area (Å²) < 4.78 is 0. The highest BCUT2D eigenvalue weighted by Gasteiger charge is 2.08. The molecule has 2 amide bonds. The van der Waals surface area contributed by atoms with E-state index < -0.39 is 0 Å². The van der Waals surface area contributed by atoms with Gasteiger partial charge in [0.2, 0.25) is 0 Å². The predicted octanol–water partition coefficient (Wildman–Crippen LogP) is 2.78. The molecule has 3 rings (SSSR count). The van der Waals surface area contributed by atoms with Crippen LogP contribution in [0.3, 0.4) is 0 Å². The minimum absolute atomic E-state index is 0.235. The molecule has 22 heavy (non-hydrogen) atoms. The zero-order chi connectivity index (χ0) is 15.2. The molecule has 112 valence electrons. The molecule has 0 unspecified atom stereocenters. The first-order valence-corrected chi connectivity index (χ1v) is 7.25. The summed E-state index contributed by atoms with van der Waals surface area (Å²) in [7, 11) is 0. The summed E-state index contributed by atoms with van der Waals surface area (Å²) in [6.07, 6.45) is 7.60. The maximum atomic E-state index is 11.9. The van der Waals surface area contributed by atoms with Crippen LogP contribution in [-0.4, -0.2) is 24.1 Å². The summed E-state index contributed by atoms with van der Waals surface area (Å²) in [5, 5.41) is 5.60. The molecule has 0 spiro atoms. The van der Waals surface area contributed by atoms with Crippen molar-refractivity contribution in [3.63, 3.8) is 0 Å². The third-order valence-electron chi connectivity index (χ3n) is 3.47. The molecule has 1 aromatic heterocycles. The molecule has 0 fully saturated rings. The van der Waals surface area contributed by atoms with E-state index in [1.54, 1.807) is 24.5 Å². The van der Waals surface area contributed by atoms with Crippen molar-refractivity contribution in [3.05, 3.63) is 66.5 Å². The van der Waals surface area contributed by atoms with Crippen molar-refractivity contribution in [3.8, 4) is 0 Å². The Labute approximate surface area is 129 Å². The summed E-state index contributed by atoms with van der Waals surface area (Å²) in [5.41, 5.74) is 2.93. The number of aromatic nitrogens is 1. The highest BCUT2D eigenvalue weighted by molar-refractivity contribution is 5.88. The lowest BCUT2D eigenvalue weighted by atomic mass is 10.2. The van der Waals surface area contributed by atoms with Gasteiger partial charge in [-0.1, -0.05) is 24.3 Å². The molecule has 0 aliphatic carbocycles. The van der Waals surface area contributed by atoms with Gasteiger partial charge in [0.25, 0.3) is 0 Å². The third kappa shape index (κ3) is 3.63. The first-order valence-electron chi connectivity index (χ1n) is 7.25. The van der Waals surface area contributed by atoms with Gasteiger partial charge in [-0.2, -0.15) is 0 Å². The molecule has 1 aliphatic rings. The lowest BCUT2D eigenvalue weighted by Gasteiger charge is -2.18. The fourth-order valence-electron chi connectivity index (χ4n) is 2.35. The average Bonchev–Trinajstić information content (AvgIpc) is 3.09. The second-order valence-corrected chi connectivity index (χ2v) is 5.10. The quantitative estimate of drug-likeness (QED) is 0.853. The average molecular weight is 294 g/mol. The molecule has 2 N–H and O–H groups in total. The number of rotatable bonds is 4. The van der Waals surface area contributed by atoms with Crippen molar-refractivity contribution < 1.29 is 4.79 Å². The fourth-order valence-corrected chi connectivity index (χ4v) is 2.35. The van der Waals surface area contributed by atoms with Gasteiger partial charge < -0.3 is 15.5 Å². The number of hydrogen-bond donors (Lipinski definition) is 2. The molecule has 1 aromatic carbocycles. The van der Waals surface area contributed by atoms with Crippen molar-refractivity contribution in [1.82, 2.24) is 10.3 Å². The molecule has 0 radical (unpaired) electrons.